The van der Waals surface area contributed by atoms with Crippen LogP contribution in [0.3, 0.4) is 0 Å². The van der Waals surface area contributed by atoms with Gasteiger partial charge in [-0.3, -0.25) is 0 Å². The topological polar surface area (TPSA) is 153 Å². The highest BCUT2D eigenvalue weighted by molar-refractivity contribution is 7.98. The van der Waals surface area contributed by atoms with E-state index in [4.69, 9.17) is 18.9 Å². The number of hydrogen-bond acceptors (Lipinski definition) is 16. The second-order valence-electron chi connectivity index (χ2n) is 13.3. The first-order chi connectivity index (χ1) is 27.5. The summed E-state index contributed by atoms with van der Waals surface area (Å²) >= 11 is 2.81. The predicted octanol–water partition coefficient (Wildman–Crippen LogP) is 8.67. The van der Waals surface area contributed by atoms with Crippen molar-refractivity contribution in [3.8, 4) is 11.5 Å². The Morgan fingerprint density at radius 3 is 1.53 bits per heavy atom. The molecule has 0 radical (unpaired) electrons. The van der Waals surface area contributed by atoms with Crippen LogP contribution < -0.4 is 20.1 Å². The Kier molecular flexibility index (Phi) is 20.9. The summed E-state index contributed by atoms with van der Waals surface area (Å²) in [5.41, 5.74) is 5.30. The lowest BCUT2D eigenvalue weighted by Gasteiger charge is -2.15. The molecule has 2 N–H and O–H groups in total. The molecular formula is C42H60N8O6S2. The van der Waals surface area contributed by atoms with E-state index in [-0.39, 0.29) is 6.61 Å². The van der Waals surface area contributed by atoms with E-state index in [1.54, 1.807) is 41.1 Å². The van der Waals surface area contributed by atoms with Crippen molar-refractivity contribution >= 4 is 64.5 Å². The number of ether oxygens (including phenoxy) is 4. The molecule has 0 bridgehead atoms. The molecule has 0 saturated heterocycles. The van der Waals surface area contributed by atoms with Crippen molar-refractivity contribution in [2.75, 3.05) is 78.8 Å². The second-order valence-corrected chi connectivity index (χ2v) is 14.9. The van der Waals surface area contributed by atoms with Gasteiger partial charge in [-0.2, -0.15) is 0 Å². The summed E-state index contributed by atoms with van der Waals surface area (Å²) in [7, 11) is 11.2. The first-order valence-corrected chi connectivity index (χ1v) is 21.0. The highest BCUT2D eigenvalue weighted by atomic mass is 32.2. The molecular weight excluding hydrogens is 777 g/mol. The molecule has 0 aliphatic carbocycles. The fourth-order valence-electron chi connectivity index (χ4n) is 4.71. The van der Waals surface area contributed by atoms with Crippen molar-refractivity contribution in [1.29, 1.82) is 0 Å². The molecule has 2 aromatic heterocycles. The molecule has 2 aromatic carbocycles. The number of benzene rings is 2. The van der Waals surface area contributed by atoms with Crippen molar-refractivity contribution in [3.05, 3.63) is 76.2 Å². The summed E-state index contributed by atoms with van der Waals surface area (Å²) in [6, 6.07) is 12.1. The van der Waals surface area contributed by atoms with Gasteiger partial charge in [-0.25, -0.2) is 29.5 Å². The molecule has 0 atom stereocenters. The van der Waals surface area contributed by atoms with Crippen LogP contribution in [0.1, 0.15) is 70.9 Å². The van der Waals surface area contributed by atoms with Crippen LogP contribution in [0.5, 0.6) is 11.5 Å². The average molecular weight is 837 g/mol. The SMILES string of the molecule is CC(C)N(C)C.CCOC(=O)c1c(/C=C/N(C)C)nc(SC)nc1Nc1cc(C)cc(OC)c1.CCOC(=O)c1c(C)nc(SC)nc1Nc1cc(C)cc(OC)c1. The maximum Gasteiger partial charge on any atom is 0.344 e. The van der Waals surface area contributed by atoms with E-state index in [1.165, 1.54) is 23.5 Å². The van der Waals surface area contributed by atoms with Crippen LogP contribution in [-0.4, -0.2) is 116 Å². The average Bonchev–Trinajstić information content (AvgIpc) is 3.16. The van der Waals surface area contributed by atoms with Gasteiger partial charge in [0.2, 0.25) is 0 Å². The Morgan fingerprint density at radius 1 is 0.707 bits per heavy atom. The van der Waals surface area contributed by atoms with Crippen LogP contribution >= 0.6 is 23.5 Å². The van der Waals surface area contributed by atoms with Crippen LogP contribution in [0.25, 0.3) is 6.08 Å². The predicted molar refractivity (Wildman–Crippen MR) is 238 cm³/mol. The maximum absolute atomic E-state index is 12.7. The molecule has 2 heterocycles. The third kappa shape index (κ3) is 15.7. The third-order valence-electron chi connectivity index (χ3n) is 7.97. The zero-order valence-corrected chi connectivity index (χ0v) is 38.2. The van der Waals surface area contributed by atoms with E-state index in [0.717, 1.165) is 28.3 Å². The van der Waals surface area contributed by atoms with Crippen molar-refractivity contribution in [3.63, 3.8) is 0 Å². The fourth-order valence-corrected chi connectivity index (χ4v) is 5.49. The molecule has 0 saturated carbocycles. The molecule has 0 aliphatic rings. The van der Waals surface area contributed by atoms with Crippen molar-refractivity contribution < 1.29 is 28.5 Å². The standard InChI is InChI=1S/C20H26N4O3S.C17H21N3O3S.C5H13N/c1-7-27-19(25)17-16(8-9-24(3)4)22-20(28-6)23-18(17)21-14-10-13(2)11-15(12-14)26-5;1-6-23-16(21)14-11(3)18-17(24-5)20-15(14)19-12-7-10(2)8-13(9-12)22-4;1-5(2)6(3)4/h8-12H,7H2,1-6H3,(H,21,22,23);7-9H,6H2,1-5H3,(H,18,19,20);5H,1-4H3/b9-8+;;. The van der Waals surface area contributed by atoms with E-state index >= 15 is 0 Å². The summed E-state index contributed by atoms with van der Waals surface area (Å²) in [5.74, 6) is 1.35. The van der Waals surface area contributed by atoms with Gasteiger partial charge in [0.15, 0.2) is 10.3 Å². The molecule has 316 valence electrons. The lowest BCUT2D eigenvalue weighted by Crippen LogP contribution is -2.20. The minimum Gasteiger partial charge on any atom is -0.497 e. The third-order valence-corrected chi connectivity index (χ3v) is 9.07. The highest BCUT2D eigenvalue weighted by Gasteiger charge is 2.22. The van der Waals surface area contributed by atoms with Gasteiger partial charge in [0.05, 0.1) is 38.8 Å². The number of nitrogens with one attached hydrogen (secondary N) is 2. The molecule has 4 aromatic rings. The number of rotatable bonds is 15. The van der Waals surface area contributed by atoms with E-state index in [0.29, 0.717) is 62.9 Å². The quantitative estimate of drug-likeness (QED) is 0.0666. The van der Waals surface area contributed by atoms with Gasteiger partial charge in [0.25, 0.3) is 0 Å². The maximum atomic E-state index is 12.7. The number of hydrogen-bond donors (Lipinski definition) is 2. The monoisotopic (exact) mass is 836 g/mol. The lowest BCUT2D eigenvalue weighted by atomic mass is 10.1. The van der Waals surface area contributed by atoms with Crippen molar-refractivity contribution in [2.24, 2.45) is 0 Å². The van der Waals surface area contributed by atoms with Gasteiger partial charge >= 0.3 is 11.9 Å². The van der Waals surface area contributed by atoms with Gasteiger partial charge in [-0.1, -0.05) is 23.5 Å². The van der Waals surface area contributed by atoms with Crippen molar-refractivity contribution in [2.45, 2.75) is 64.8 Å². The lowest BCUT2D eigenvalue weighted by molar-refractivity contribution is 0.0516. The van der Waals surface area contributed by atoms with Crippen LogP contribution in [0, 0.1) is 20.8 Å². The van der Waals surface area contributed by atoms with Gasteiger partial charge < -0.3 is 39.4 Å². The molecule has 0 aliphatic heterocycles. The Labute approximate surface area is 352 Å². The molecule has 14 nitrogen and oxygen atoms in total. The molecule has 4 rings (SSSR count). The number of anilines is 4. The largest absolute Gasteiger partial charge is 0.497 e. The van der Waals surface area contributed by atoms with Gasteiger partial charge in [0, 0.05) is 49.8 Å². The van der Waals surface area contributed by atoms with Gasteiger partial charge in [0.1, 0.15) is 34.3 Å². The van der Waals surface area contributed by atoms with Crippen LogP contribution in [0.2, 0.25) is 0 Å². The Hall–Kier alpha value is -5.06. The highest BCUT2D eigenvalue weighted by Crippen LogP contribution is 2.30. The summed E-state index contributed by atoms with van der Waals surface area (Å²) < 4.78 is 21.0. The number of nitrogens with zero attached hydrogens (tertiary/aromatic N) is 6. The van der Waals surface area contributed by atoms with Crippen LogP contribution in [-0.2, 0) is 9.47 Å². The first-order valence-electron chi connectivity index (χ1n) is 18.6. The first kappa shape index (κ1) is 49.1. The zero-order chi connectivity index (χ0) is 43.5. The van der Waals surface area contributed by atoms with Crippen LogP contribution in [0.15, 0.2) is 52.9 Å². The summed E-state index contributed by atoms with van der Waals surface area (Å²) in [4.78, 5) is 46.8. The number of aromatic nitrogens is 4. The van der Waals surface area contributed by atoms with E-state index < -0.39 is 11.9 Å². The Morgan fingerprint density at radius 2 is 1.14 bits per heavy atom. The summed E-state index contributed by atoms with van der Waals surface area (Å²) in [6.45, 7) is 14.1. The minimum atomic E-state index is -0.476. The number of aryl methyl sites for hydroxylation is 3. The van der Waals surface area contributed by atoms with Crippen molar-refractivity contribution in [1.82, 2.24) is 29.7 Å². The minimum absolute atomic E-state index is 0.262. The normalized spacial score (nSPS) is 10.6. The van der Waals surface area contributed by atoms with Gasteiger partial charge in [-0.05, 0) is 117 Å². The van der Waals surface area contributed by atoms with Crippen LogP contribution in [0.4, 0.5) is 23.0 Å². The fraction of sp³-hybridized carbons (Fsp3) is 0.429. The Balaban J connectivity index is 0.000000354. The zero-order valence-electron chi connectivity index (χ0n) is 36.6. The second kappa shape index (κ2) is 24.7. The molecule has 16 heteroatoms. The number of carbonyl (C=O) groups is 2. The molecule has 0 spiro atoms. The molecule has 0 amide bonds. The molecule has 0 fully saturated rings. The molecule has 58 heavy (non-hydrogen) atoms. The molecule has 0 unspecified atom stereocenters. The smallest absolute Gasteiger partial charge is 0.344 e. The number of thioether (sulfide) groups is 2. The Bertz CT molecular complexity index is 1990. The number of methoxy groups -OCH3 is 2. The van der Waals surface area contributed by atoms with Gasteiger partial charge in [-0.15, -0.1) is 0 Å². The van der Waals surface area contributed by atoms with E-state index in [1.807, 2.05) is 88.0 Å². The summed E-state index contributed by atoms with van der Waals surface area (Å²) in [5, 5.41) is 7.57. The number of esters is 2. The van der Waals surface area contributed by atoms with E-state index in [2.05, 4.69) is 63.4 Å². The summed E-state index contributed by atoms with van der Waals surface area (Å²) in [6.07, 6.45) is 7.38. The number of carbonyl (C=O) groups excluding carboxylic acids is 2. The van der Waals surface area contributed by atoms with E-state index in [9.17, 15) is 9.59 Å².